The fraction of sp³-hybridized carbons (Fsp3) is 0.533. The van der Waals surface area contributed by atoms with E-state index in [1.54, 1.807) is 0 Å². The molecule has 104 valence electrons. The number of hydrogen-bond acceptors (Lipinski definition) is 3. The minimum absolute atomic E-state index is 0.232. The van der Waals surface area contributed by atoms with Crippen molar-refractivity contribution in [3.05, 3.63) is 35.9 Å². The van der Waals surface area contributed by atoms with Crippen LogP contribution >= 0.6 is 0 Å². The molecule has 1 aromatic rings. The smallest absolute Gasteiger partial charge is 0.231 e. The molecule has 1 amide bonds. The number of benzene rings is 1. The molecule has 1 saturated heterocycles. The van der Waals surface area contributed by atoms with Gasteiger partial charge >= 0.3 is 0 Å². The SMILES string of the molecule is CC(NC1CCN(CC(N)=O)CC1)c1ccccc1. The van der Waals surface area contributed by atoms with Crippen molar-refractivity contribution in [1.29, 1.82) is 0 Å². The van der Waals surface area contributed by atoms with Crippen molar-refractivity contribution in [2.75, 3.05) is 19.6 Å². The number of nitrogens with one attached hydrogen (secondary N) is 1. The van der Waals surface area contributed by atoms with Crippen molar-refractivity contribution < 1.29 is 4.79 Å². The van der Waals surface area contributed by atoms with Gasteiger partial charge in [0, 0.05) is 25.2 Å². The molecular weight excluding hydrogens is 238 g/mol. The monoisotopic (exact) mass is 261 g/mol. The minimum Gasteiger partial charge on any atom is -0.369 e. The molecule has 1 unspecified atom stereocenters. The van der Waals surface area contributed by atoms with Crippen molar-refractivity contribution in [1.82, 2.24) is 10.2 Å². The van der Waals surface area contributed by atoms with Gasteiger partial charge in [0.15, 0.2) is 0 Å². The van der Waals surface area contributed by atoms with Crippen LogP contribution in [0.15, 0.2) is 30.3 Å². The number of primary amides is 1. The summed E-state index contributed by atoms with van der Waals surface area (Å²) in [6, 6.07) is 11.4. The number of hydrogen-bond donors (Lipinski definition) is 2. The van der Waals surface area contributed by atoms with E-state index in [0.717, 1.165) is 25.9 Å². The van der Waals surface area contributed by atoms with E-state index in [1.165, 1.54) is 5.56 Å². The van der Waals surface area contributed by atoms with E-state index >= 15 is 0 Å². The largest absolute Gasteiger partial charge is 0.369 e. The number of rotatable bonds is 5. The van der Waals surface area contributed by atoms with Crippen LogP contribution in [0, 0.1) is 0 Å². The first-order valence-electron chi connectivity index (χ1n) is 6.97. The van der Waals surface area contributed by atoms with Crippen molar-refractivity contribution >= 4 is 5.91 Å². The molecule has 0 bridgehead atoms. The number of piperidine rings is 1. The third-order valence-corrected chi connectivity index (χ3v) is 3.75. The van der Waals surface area contributed by atoms with Gasteiger partial charge in [0.25, 0.3) is 0 Å². The second kappa shape index (κ2) is 6.68. The lowest BCUT2D eigenvalue weighted by molar-refractivity contribution is -0.119. The van der Waals surface area contributed by atoms with Crippen LogP contribution < -0.4 is 11.1 Å². The zero-order valence-electron chi connectivity index (χ0n) is 11.5. The van der Waals surface area contributed by atoms with E-state index < -0.39 is 0 Å². The molecule has 3 N–H and O–H groups in total. The van der Waals surface area contributed by atoms with E-state index in [0.29, 0.717) is 18.6 Å². The fourth-order valence-electron chi connectivity index (χ4n) is 2.67. The minimum atomic E-state index is -0.232. The van der Waals surface area contributed by atoms with Gasteiger partial charge in [0.05, 0.1) is 6.54 Å². The Morgan fingerprint density at radius 2 is 2.00 bits per heavy atom. The molecule has 4 nitrogen and oxygen atoms in total. The summed E-state index contributed by atoms with van der Waals surface area (Å²) < 4.78 is 0. The van der Waals surface area contributed by atoms with Gasteiger partial charge in [-0.05, 0) is 25.3 Å². The Kier molecular flexibility index (Phi) is 4.93. The Balaban J connectivity index is 1.78. The molecule has 1 aliphatic rings. The summed E-state index contributed by atoms with van der Waals surface area (Å²) in [6.45, 7) is 4.48. The van der Waals surface area contributed by atoms with Gasteiger partial charge in [-0.25, -0.2) is 0 Å². The predicted molar refractivity (Wildman–Crippen MR) is 76.6 cm³/mol. The summed E-state index contributed by atoms with van der Waals surface area (Å²) in [6.07, 6.45) is 2.15. The zero-order valence-corrected chi connectivity index (χ0v) is 11.5. The first-order chi connectivity index (χ1) is 9.15. The first-order valence-corrected chi connectivity index (χ1v) is 6.97. The third kappa shape index (κ3) is 4.33. The highest BCUT2D eigenvalue weighted by molar-refractivity contribution is 5.75. The Hall–Kier alpha value is -1.39. The van der Waals surface area contributed by atoms with Gasteiger partial charge in [-0.3, -0.25) is 9.69 Å². The van der Waals surface area contributed by atoms with Crippen LogP contribution in [-0.2, 0) is 4.79 Å². The first kappa shape index (κ1) is 14.0. The van der Waals surface area contributed by atoms with Crippen LogP contribution in [0.25, 0.3) is 0 Å². The molecule has 1 aliphatic heterocycles. The molecule has 0 aromatic heterocycles. The zero-order chi connectivity index (χ0) is 13.7. The Morgan fingerprint density at radius 3 is 2.58 bits per heavy atom. The number of nitrogens with two attached hydrogens (primary N) is 1. The van der Waals surface area contributed by atoms with Gasteiger partial charge in [-0.1, -0.05) is 30.3 Å². The van der Waals surface area contributed by atoms with Gasteiger partial charge in [-0.2, -0.15) is 0 Å². The quantitative estimate of drug-likeness (QED) is 0.839. The lowest BCUT2D eigenvalue weighted by Crippen LogP contribution is -2.45. The van der Waals surface area contributed by atoms with Gasteiger partial charge in [-0.15, -0.1) is 0 Å². The van der Waals surface area contributed by atoms with Crippen molar-refractivity contribution in [3.63, 3.8) is 0 Å². The molecular formula is C15H23N3O. The highest BCUT2D eigenvalue weighted by atomic mass is 16.1. The number of likely N-dealkylation sites (tertiary alicyclic amines) is 1. The maximum Gasteiger partial charge on any atom is 0.231 e. The summed E-state index contributed by atoms with van der Waals surface area (Å²) in [7, 11) is 0. The molecule has 1 heterocycles. The summed E-state index contributed by atoms with van der Waals surface area (Å²) in [4.78, 5) is 13.0. The lowest BCUT2D eigenvalue weighted by atomic mass is 10.0. The van der Waals surface area contributed by atoms with E-state index in [1.807, 2.05) is 6.07 Å². The fourth-order valence-corrected chi connectivity index (χ4v) is 2.67. The van der Waals surface area contributed by atoms with E-state index in [9.17, 15) is 4.79 Å². The Bertz CT molecular complexity index is 399. The molecule has 4 heteroatoms. The molecule has 0 spiro atoms. The molecule has 0 saturated carbocycles. The van der Waals surface area contributed by atoms with Gasteiger partial charge in [0.1, 0.15) is 0 Å². The molecule has 2 rings (SSSR count). The maximum atomic E-state index is 10.9. The molecule has 19 heavy (non-hydrogen) atoms. The molecule has 0 aliphatic carbocycles. The number of carbonyl (C=O) groups excluding carboxylic acids is 1. The Morgan fingerprint density at radius 1 is 1.37 bits per heavy atom. The number of nitrogens with zero attached hydrogens (tertiary/aromatic N) is 1. The average Bonchev–Trinajstić information content (AvgIpc) is 2.41. The second-order valence-corrected chi connectivity index (χ2v) is 5.32. The summed E-state index contributed by atoms with van der Waals surface area (Å²) in [5, 5.41) is 3.67. The van der Waals surface area contributed by atoms with E-state index in [2.05, 4.69) is 41.4 Å². The normalized spacial score (nSPS) is 19.2. The van der Waals surface area contributed by atoms with Crippen LogP contribution in [0.2, 0.25) is 0 Å². The predicted octanol–water partition coefficient (Wildman–Crippen LogP) is 1.29. The molecule has 1 fully saturated rings. The summed E-state index contributed by atoms with van der Waals surface area (Å²) >= 11 is 0. The molecule has 1 aromatic carbocycles. The molecule has 1 atom stereocenters. The highest BCUT2D eigenvalue weighted by Gasteiger charge is 2.21. The average molecular weight is 261 g/mol. The number of carbonyl (C=O) groups is 1. The van der Waals surface area contributed by atoms with Gasteiger partial charge < -0.3 is 11.1 Å². The number of amides is 1. The standard InChI is InChI=1S/C15H23N3O/c1-12(13-5-3-2-4-6-13)17-14-7-9-18(10-8-14)11-15(16)19/h2-6,12,14,17H,7-11H2,1H3,(H2,16,19). The topological polar surface area (TPSA) is 58.4 Å². The maximum absolute atomic E-state index is 10.9. The second-order valence-electron chi connectivity index (χ2n) is 5.32. The van der Waals surface area contributed by atoms with Gasteiger partial charge in [0.2, 0.25) is 5.91 Å². The summed E-state index contributed by atoms with van der Waals surface area (Å²) in [5.74, 6) is -0.232. The van der Waals surface area contributed by atoms with Crippen LogP contribution in [-0.4, -0.2) is 36.5 Å². The highest BCUT2D eigenvalue weighted by Crippen LogP contribution is 2.16. The van der Waals surface area contributed by atoms with Crippen molar-refractivity contribution in [2.24, 2.45) is 5.73 Å². The van der Waals surface area contributed by atoms with E-state index in [-0.39, 0.29) is 5.91 Å². The van der Waals surface area contributed by atoms with Crippen molar-refractivity contribution in [3.8, 4) is 0 Å². The third-order valence-electron chi connectivity index (χ3n) is 3.75. The Labute approximate surface area is 115 Å². The van der Waals surface area contributed by atoms with E-state index in [4.69, 9.17) is 5.73 Å². The van der Waals surface area contributed by atoms with Crippen molar-refractivity contribution in [2.45, 2.75) is 31.8 Å². The molecule has 0 radical (unpaired) electrons. The summed E-state index contributed by atoms with van der Waals surface area (Å²) in [5.41, 5.74) is 6.54. The van der Waals surface area contributed by atoms with Crippen LogP contribution in [0.3, 0.4) is 0 Å². The van der Waals surface area contributed by atoms with Crippen LogP contribution in [0.5, 0.6) is 0 Å². The van der Waals surface area contributed by atoms with Crippen LogP contribution in [0.1, 0.15) is 31.4 Å². The van der Waals surface area contributed by atoms with Crippen LogP contribution in [0.4, 0.5) is 0 Å². The lowest BCUT2D eigenvalue weighted by Gasteiger charge is -2.33.